The van der Waals surface area contributed by atoms with Gasteiger partial charge in [-0.15, -0.1) is 11.3 Å². The quantitative estimate of drug-likeness (QED) is 0.468. The zero-order valence-corrected chi connectivity index (χ0v) is 16.5. The Hall–Kier alpha value is -3.25. The average Bonchev–Trinajstić information content (AvgIpc) is 3.42. The van der Waals surface area contributed by atoms with Crippen LogP contribution < -0.4 is 14.3 Å². The zero-order valence-electron chi connectivity index (χ0n) is 15.7. The third kappa shape index (κ3) is 3.59. The molecule has 0 unspecified atom stereocenters. The lowest BCUT2D eigenvalue weighted by atomic mass is 10.1. The third-order valence-electron chi connectivity index (χ3n) is 4.35. The fourth-order valence-electron chi connectivity index (χ4n) is 2.99. The molecule has 6 heteroatoms. The second-order valence-corrected chi connectivity index (χ2v) is 6.88. The van der Waals surface area contributed by atoms with Gasteiger partial charge >= 0.3 is 0 Å². The summed E-state index contributed by atoms with van der Waals surface area (Å²) in [6.45, 7) is 0.492. The highest BCUT2D eigenvalue weighted by Crippen LogP contribution is 2.33. The van der Waals surface area contributed by atoms with Crippen molar-refractivity contribution in [1.29, 1.82) is 0 Å². The number of benzene rings is 2. The molecule has 0 atom stereocenters. The highest BCUT2D eigenvalue weighted by atomic mass is 32.1. The molecule has 0 aliphatic carbocycles. The molecule has 0 fully saturated rings. The van der Waals surface area contributed by atoms with Gasteiger partial charge in [0.05, 0.1) is 26.2 Å². The van der Waals surface area contributed by atoms with E-state index in [0.29, 0.717) is 18.0 Å². The molecule has 0 spiro atoms. The van der Waals surface area contributed by atoms with Crippen molar-refractivity contribution in [3.63, 3.8) is 0 Å². The molecule has 0 aliphatic rings. The van der Waals surface area contributed by atoms with E-state index >= 15 is 0 Å². The van der Waals surface area contributed by atoms with Crippen molar-refractivity contribution in [2.75, 3.05) is 14.2 Å². The van der Waals surface area contributed by atoms with E-state index in [2.05, 4.69) is 22.1 Å². The van der Waals surface area contributed by atoms with Crippen molar-refractivity contribution in [1.82, 2.24) is 4.57 Å². The minimum absolute atomic E-state index is 0.492. The molecule has 5 nitrogen and oxygen atoms in total. The van der Waals surface area contributed by atoms with Crippen LogP contribution in [0.1, 0.15) is 5.76 Å². The number of methoxy groups -OCH3 is 2. The number of rotatable bonds is 6. The summed E-state index contributed by atoms with van der Waals surface area (Å²) in [6.07, 6.45) is 1.67. The summed E-state index contributed by atoms with van der Waals surface area (Å²) in [6, 6.07) is 19.9. The van der Waals surface area contributed by atoms with Crippen molar-refractivity contribution in [3.05, 3.63) is 82.9 Å². The molecule has 142 valence electrons. The summed E-state index contributed by atoms with van der Waals surface area (Å²) in [5.41, 5.74) is 3.11. The van der Waals surface area contributed by atoms with Gasteiger partial charge in [0, 0.05) is 16.6 Å². The van der Waals surface area contributed by atoms with Gasteiger partial charge < -0.3 is 13.9 Å². The Morgan fingerprint density at radius 3 is 2.50 bits per heavy atom. The molecule has 2 aromatic heterocycles. The number of aromatic nitrogens is 1. The first-order chi connectivity index (χ1) is 13.8. The van der Waals surface area contributed by atoms with Crippen LogP contribution in [0.15, 0.2) is 81.7 Å². The number of hydrogen-bond acceptors (Lipinski definition) is 5. The Morgan fingerprint density at radius 1 is 0.964 bits per heavy atom. The van der Waals surface area contributed by atoms with Gasteiger partial charge in [0.25, 0.3) is 0 Å². The van der Waals surface area contributed by atoms with Crippen molar-refractivity contribution < 1.29 is 13.9 Å². The Morgan fingerprint density at radius 2 is 1.79 bits per heavy atom. The van der Waals surface area contributed by atoms with Gasteiger partial charge in [-0.1, -0.05) is 18.2 Å². The maximum Gasteiger partial charge on any atom is 0.190 e. The second kappa shape index (κ2) is 8.19. The van der Waals surface area contributed by atoms with Crippen LogP contribution in [0.25, 0.3) is 16.9 Å². The molecule has 0 radical (unpaired) electrons. The maximum absolute atomic E-state index is 5.48. The highest BCUT2D eigenvalue weighted by molar-refractivity contribution is 7.07. The molecule has 0 aliphatic heterocycles. The molecule has 0 N–H and O–H groups in total. The summed E-state index contributed by atoms with van der Waals surface area (Å²) in [5, 5.41) is 2.11. The molecule has 4 rings (SSSR count). The Balaban J connectivity index is 1.85. The predicted octanol–water partition coefficient (Wildman–Crippen LogP) is 4.92. The molecular formula is C22H20N2O3S. The summed E-state index contributed by atoms with van der Waals surface area (Å²) < 4.78 is 18.4. The Labute approximate surface area is 167 Å². The number of para-hydroxylation sites is 1. The van der Waals surface area contributed by atoms with Crippen LogP contribution in [0.2, 0.25) is 0 Å². The summed E-state index contributed by atoms with van der Waals surface area (Å²) >= 11 is 1.59. The van der Waals surface area contributed by atoms with E-state index in [-0.39, 0.29) is 0 Å². The van der Waals surface area contributed by atoms with Gasteiger partial charge in [-0.3, -0.25) is 9.56 Å². The number of ether oxygens (including phenoxy) is 2. The van der Waals surface area contributed by atoms with Gasteiger partial charge in [-0.05, 0) is 42.5 Å². The standard InChI is InChI=1S/C22H20N2O3S/c1-25-20-11-10-16(13-21(20)26-2)19-15-28-22(23-14-18-9-6-12-27-18)24(19)17-7-4-3-5-8-17/h3-13,15H,14H2,1-2H3. The Kier molecular flexibility index (Phi) is 5.30. The molecule has 0 amide bonds. The molecule has 0 saturated carbocycles. The van der Waals surface area contributed by atoms with E-state index in [0.717, 1.165) is 27.5 Å². The Bertz CT molecular complexity index is 1110. The average molecular weight is 392 g/mol. The largest absolute Gasteiger partial charge is 0.493 e. The molecule has 0 saturated heterocycles. The molecule has 0 bridgehead atoms. The van der Waals surface area contributed by atoms with E-state index in [1.165, 1.54) is 0 Å². The van der Waals surface area contributed by atoms with Crippen LogP contribution in [0, 0.1) is 0 Å². The minimum Gasteiger partial charge on any atom is -0.493 e. The number of hydrogen-bond donors (Lipinski definition) is 0. The first-order valence-corrected chi connectivity index (χ1v) is 9.69. The normalized spacial score (nSPS) is 11.6. The smallest absolute Gasteiger partial charge is 0.190 e. The summed E-state index contributed by atoms with van der Waals surface area (Å²) in [4.78, 5) is 5.68. The number of nitrogens with zero attached hydrogens (tertiary/aromatic N) is 2. The van der Waals surface area contributed by atoms with Crippen LogP contribution in [0.5, 0.6) is 11.5 Å². The molecule has 28 heavy (non-hydrogen) atoms. The van der Waals surface area contributed by atoms with Gasteiger partial charge in [0.15, 0.2) is 16.3 Å². The van der Waals surface area contributed by atoms with Crippen LogP contribution in [-0.2, 0) is 6.54 Å². The van der Waals surface area contributed by atoms with Crippen LogP contribution in [-0.4, -0.2) is 18.8 Å². The minimum atomic E-state index is 0.492. The lowest BCUT2D eigenvalue weighted by molar-refractivity contribution is 0.355. The highest BCUT2D eigenvalue weighted by Gasteiger charge is 2.13. The lowest BCUT2D eigenvalue weighted by Gasteiger charge is -2.12. The van der Waals surface area contributed by atoms with E-state index in [9.17, 15) is 0 Å². The second-order valence-electron chi connectivity index (χ2n) is 6.04. The van der Waals surface area contributed by atoms with Crippen molar-refractivity contribution in [2.45, 2.75) is 6.54 Å². The van der Waals surface area contributed by atoms with Crippen LogP contribution in [0.4, 0.5) is 0 Å². The predicted molar refractivity (Wildman–Crippen MR) is 110 cm³/mol. The topological polar surface area (TPSA) is 48.9 Å². The molecule has 2 heterocycles. The van der Waals surface area contributed by atoms with Crippen LogP contribution in [0.3, 0.4) is 0 Å². The SMILES string of the molecule is COc1ccc(-c2csc(=NCc3ccco3)n2-c2ccccc2)cc1OC. The zero-order chi connectivity index (χ0) is 19.3. The number of thiazole rings is 1. The van der Waals surface area contributed by atoms with Gasteiger partial charge in [0.2, 0.25) is 0 Å². The molecule has 2 aromatic carbocycles. The first kappa shape index (κ1) is 18.1. The van der Waals surface area contributed by atoms with Gasteiger partial charge in [-0.25, -0.2) is 0 Å². The number of furan rings is 1. The van der Waals surface area contributed by atoms with E-state index in [1.54, 1.807) is 31.8 Å². The third-order valence-corrected chi connectivity index (χ3v) is 5.22. The summed E-state index contributed by atoms with van der Waals surface area (Å²) in [5.74, 6) is 2.23. The van der Waals surface area contributed by atoms with E-state index in [1.807, 2.05) is 48.5 Å². The molecular weight excluding hydrogens is 372 g/mol. The van der Waals surface area contributed by atoms with E-state index < -0.39 is 0 Å². The monoisotopic (exact) mass is 392 g/mol. The summed E-state index contributed by atoms with van der Waals surface area (Å²) in [7, 11) is 3.28. The molecule has 4 aromatic rings. The maximum atomic E-state index is 5.48. The van der Waals surface area contributed by atoms with Crippen LogP contribution >= 0.6 is 11.3 Å². The van der Waals surface area contributed by atoms with Crippen molar-refractivity contribution in [2.24, 2.45) is 4.99 Å². The fraction of sp³-hybridized carbons (Fsp3) is 0.136. The van der Waals surface area contributed by atoms with E-state index in [4.69, 9.17) is 18.9 Å². The van der Waals surface area contributed by atoms with Gasteiger partial charge in [0.1, 0.15) is 12.3 Å². The van der Waals surface area contributed by atoms with Crippen molar-refractivity contribution >= 4 is 11.3 Å². The van der Waals surface area contributed by atoms with Crippen molar-refractivity contribution in [3.8, 4) is 28.4 Å². The fourth-order valence-corrected chi connectivity index (χ4v) is 3.90. The first-order valence-electron chi connectivity index (χ1n) is 8.81. The van der Waals surface area contributed by atoms with Gasteiger partial charge in [-0.2, -0.15) is 0 Å². The lowest BCUT2D eigenvalue weighted by Crippen LogP contribution is -2.14.